The van der Waals surface area contributed by atoms with E-state index in [9.17, 15) is 9.59 Å². The summed E-state index contributed by atoms with van der Waals surface area (Å²) in [4.78, 5) is 30.7. The van der Waals surface area contributed by atoms with Gasteiger partial charge in [0.2, 0.25) is 0 Å². The highest BCUT2D eigenvalue weighted by atomic mass is 32.1. The number of thiophene rings is 1. The highest BCUT2D eigenvalue weighted by Crippen LogP contribution is 2.31. The van der Waals surface area contributed by atoms with Gasteiger partial charge in [0, 0.05) is 10.9 Å². The Hall–Kier alpha value is -2.47. The summed E-state index contributed by atoms with van der Waals surface area (Å²) in [6.07, 6.45) is 5.50. The lowest BCUT2D eigenvalue weighted by molar-refractivity contribution is -0.152. The molecule has 0 spiro atoms. The van der Waals surface area contributed by atoms with Crippen molar-refractivity contribution in [3.63, 3.8) is 0 Å². The number of aryl methyl sites for hydroxylation is 2. The number of benzene rings is 1. The molecule has 0 unspecified atom stereocenters. The number of carbonyl (C=O) groups excluding carboxylic acids is 1. The third kappa shape index (κ3) is 4.13. The molecule has 1 aliphatic rings. The van der Waals surface area contributed by atoms with Gasteiger partial charge in [-0.2, -0.15) is 0 Å². The van der Waals surface area contributed by atoms with Crippen LogP contribution in [0.15, 0.2) is 34.7 Å². The van der Waals surface area contributed by atoms with Gasteiger partial charge in [-0.25, -0.2) is 4.98 Å². The molecule has 3 aromatic rings. The van der Waals surface area contributed by atoms with Gasteiger partial charge in [-0.05, 0) is 55.7 Å². The van der Waals surface area contributed by atoms with Crippen LogP contribution in [0.4, 0.5) is 0 Å². The van der Waals surface area contributed by atoms with Crippen molar-refractivity contribution in [1.82, 2.24) is 9.55 Å². The maximum atomic E-state index is 13.1. The van der Waals surface area contributed by atoms with Crippen molar-refractivity contribution >= 4 is 27.5 Å². The third-order valence-electron chi connectivity index (χ3n) is 5.86. The number of fused-ring (bicyclic) bond motifs is 1. The van der Waals surface area contributed by atoms with E-state index in [4.69, 9.17) is 4.74 Å². The second kappa shape index (κ2) is 8.11. The zero-order chi connectivity index (χ0) is 20.5. The van der Waals surface area contributed by atoms with Crippen molar-refractivity contribution in [2.45, 2.75) is 59.1 Å². The van der Waals surface area contributed by atoms with Gasteiger partial charge in [-0.15, -0.1) is 11.3 Å². The Balaban J connectivity index is 1.61. The van der Waals surface area contributed by atoms with E-state index in [2.05, 4.69) is 37.9 Å². The molecule has 0 amide bonds. The standard InChI is InChI=1S/C23H26N2O3S/c1-14-5-4-6-18(9-14)28-20(26)11-25-13-24-22-21(23(25)27)19(12-29-22)17-8-7-15(2)16(3)10-17/h7-8,10,12-14,18H,4-6,9,11H2,1-3H3/t14-,18-/m1/s1. The fourth-order valence-electron chi connectivity index (χ4n) is 4.05. The average molecular weight is 411 g/mol. The van der Waals surface area contributed by atoms with Crippen LogP contribution in [0.3, 0.4) is 0 Å². The minimum absolute atomic E-state index is 0.0362. The van der Waals surface area contributed by atoms with E-state index in [-0.39, 0.29) is 24.2 Å². The second-order valence-electron chi connectivity index (χ2n) is 8.19. The number of hydrogen-bond acceptors (Lipinski definition) is 5. The molecule has 1 aromatic carbocycles. The first kappa shape index (κ1) is 19.8. The Morgan fingerprint density at radius 3 is 2.86 bits per heavy atom. The smallest absolute Gasteiger partial charge is 0.326 e. The first-order chi connectivity index (χ1) is 13.9. The van der Waals surface area contributed by atoms with Crippen molar-refractivity contribution < 1.29 is 9.53 Å². The third-order valence-corrected chi connectivity index (χ3v) is 6.75. The van der Waals surface area contributed by atoms with E-state index < -0.39 is 0 Å². The van der Waals surface area contributed by atoms with Gasteiger partial charge in [0.05, 0.1) is 11.7 Å². The van der Waals surface area contributed by atoms with Gasteiger partial charge in [-0.1, -0.05) is 31.5 Å². The molecule has 0 bridgehead atoms. The fraction of sp³-hybridized carbons (Fsp3) is 0.435. The summed E-state index contributed by atoms with van der Waals surface area (Å²) >= 11 is 1.45. The lowest BCUT2D eigenvalue weighted by Crippen LogP contribution is -2.30. The minimum atomic E-state index is -0.365. The van der Waals surface area contributed by atoms with E-state index in [1.54, 1.807) is 0 Å². The molecule has 1 aliphatic carbocycles. The van der Waals surface area contributed by atoms with Gasteiger partial charge >= 0.3 is 5.97 Å². The molecule has 0 radical (unpaired) electrons. The number of hydrogen-bond donors (Lipinski definition) is 0. The van der Waals surface area contributed by atoms with Crippen LogP contribution in [-0.2, 0) is 16.1 Å². The summed E-state index contributed by atoms with van der Waals surface area (Å²) in [5, 5.41) is 2.54. The van der Waals surface area contributed by atoms with Crippen molar-refractivity contribution in [3.05, 3.63) is 51.4 Å². The summed E-state index contributed by atoms with van der Waals surface area (Å²) in [5.41, 5.74) is 4.06. The number of carbonyl (C=O) groups is 1. The molecule has 1 fully saturated rings. The number of aromatic nitrogens is 2. The van der Waals surface area contributed by atoms with Gasteiger partial charge in [-0.3, -0.25) is 14.2 Å². The summed E-state index contributed by atoms with van der Waals surface area (Å²) in [6.45, 7) is 6.21. The molecule has 0 saturated heterocycles. The molecule has 0 aliphatic heterocycles. The molecular formula is C23H26N2O3S. The molecule has 2 heterocycles. The van der Waals surface area contributed by atoms with Crippen LogP contribution in [-0.4, -0.2) is 21.6 Å². The predicted octanol–water partition coefficient (Wildman–Crippen LogP) is 4.86. The lowest BCUT2D eigenvalue weighted by atomic mass is 9.89. The molecule has 5 nitrogen and oxygen atoms in total. The highest BCUT2D eigenvalue weighted by molar-refractivity contribution is 7.17. The van der Waals surface area contributed by atoms with E-state index in [1.165, 1.54) is 39.8 Å². The van der Waals surface area contributed by atoms with E-state index in [0.717, 1.165) is 30.4 Å². The van der Waals surface area contributed by atoms with E-state index >= 15 is 0 Å². The van der Waals surface area contributed by atoms with Crippen LogP contribution < -0.4 is 5.56 Å². The zero-order valence-electron chi connectivity index (χ0n) is 17.1. The highest BCUT2D eigenvalue weighted by Gasteiger charge is 2.23. The maximum absolute atomic E-state index is 13.1. The molecule has 152 valence electrons. The fourth-order valence-corrected chi connectivity index (χ4v) is 4.96. The maximum Gasteiger partial charge on any atom is 0.326 e. The molecule has 29 heavy (non-hydrogen) atoms. The average Bonchev–Trinajstić information content (AvgIpc) is 3.11. The number of nitrogens with zero attached hydrogens (tertiary/aromatic N) is 2. The molecule has 0 N–H and O–H groups in total. The van der Waals surface area contributed by atoms with Crippen LogP contribution in [0.2, 0.25) is 0 Å². The molecule has 4 rings (SSSR count). The first-order valence-corrected chi connectivity index (χ1v) is 11.0. The molecule has 2 atom stereocenters. The van der Waals surface area contributed by atoms with Crippen LogP contribution in [0.1, 0.15) is 43.7 Å². The van der Waals surface area contributed by atoms with Crippen LogP contribution >= 0.6 is 11.3 Å². The molecular weight excluding hydrogens is 384 g/mol. The van der Waals surface area contributed by atoms with E-state index in [0.29, 0.717) is 16.1 Å². The van der Waals surface area contributed by atoms with Gasteiger partial charge in [0.1, 0.15) is 17.5 Å². The Kier molecular flexibility index (Phi) is 5.54. The Bertz CT molecular complexity index is 1110. The Labute approximate surface area is 174 Å². The van der Waals surface area contributed by atoms with Gasteiger partial charge in [0.25, 0.3) is 5.56 Å². The summed E-state index contributed by atoms with van der Waals surface area (Å²) < 4.78 is 7.00. The van der Waals surface area contributed by atoms with Crippen molar-refractivity contribution in [3.8, 4) is 11.1 Å². The van der Waals surface area contributed by atoms with Crippen molar-refractivity contribution in [1.29, 1.82) is 0 Å². The lowest BCUT2D eigenvalue weighted by Gasteiger charge is -2.26. The summed E-state index contributed by atoms with van der Waals surface area (Å²) in [6, 6.07) is 6.18. The van der Waals surface area contributed by atoms with Crippen LogP contribution in [0.5, 0.6) is 0 Å². The monoisotopic (exact) mass is 410 g/mol. The normalized spacial score (nSPS) is 19.4. The quantitative estimate of drug-likeness (QED) is 0.576. The molecule has 1 saturated carbocycles. The largest absolute Gasteiger partial charge is 0.461 e. The number of ether oxygens (including phenoxy) is 1. The molecule has 2 aromatic heterocycles. The SMILES string of the molecule is Cc1ccc(-c2csc3ncn(CC(=O)O[C@@H]4CCC[C@@H](C)C4)c(=O)c23)cc1C. The summed E-state index contributed by atoms with van der Waals surface area (Å²) in [5.74, 6) is 0.212. The molecule has 6 heteroatoms. The summed E-state index contributed by atoms with van der Waals surface area (Å²) in [7, 11) is 0. The number of esters is 1. The van der Waals surface area contributed by atoms with Gasteiger partial charge in [0.15, 0.2) is 0 Å². The van der Waals surface area contributed by atoms with Crippen molar-refractivity contribution in [2.75, 3.05) is 0 Å². The van der Waals surface area contributed by atoms with Gasteiger partial charge < -0.3 is 4.74 Å². The van der Waals surface area contributed by atoms with E-state index in [1.807, 2.05) is 11.4 Å². The number of rotatable bonds is 4. The van der Waals surface area contributed by atoms with Crippen molar-refractivity contribution in [2.24, 2.45) is 5.92 Å². The second-order valence-corrected chi connectivity index (χ2v) is 9.05. The Morgan fingerprint density at radius 2 is 2.10 bits per heavy atom. The predicted molar refractivity (Wildman–Crippen MR) is 116 cm³/mol. The zero-order valence-corrected chi connectivity index (χ0v) is 17.9. The minimum Gasteiger partial charge on any atom is -0.461 e. The van der Waals surface area contributed by atoms with Crippen LogP contribution in [0, 0.1) is 19.8 Å². The van der Waals surface area contributed by atoms with Crippen LogP contribution in [0.25, 0.3) is 21.3 Å². The Morgan fingerprint density at radius 1 is 1.28 bits per heavy atom. The topological polar surface area (TPSA) is 61.2 Å². The first-order valence-electron chi connectivity index (χ1n) is 10.2.